The molecule has 1 heterocycles. The average molecular weight is 328 g/mol. The zero-order valence-corrected chi connectivity index (χ0v) is 13.3. The van der Waals surface area contributed by atoms with Crippen LogP contribution < -0.4 is 4.74 Å². The Labute approximate surface area is 124 Å². The van der Waals surface area contributed by atoms with E-state index in [4.69, 9.17) is 9.47 Å². The fourth-order valence-corrected chi connectivity index (χ4v) is 3.04. The summed E-state index contributed by atoms with van der Waals surface area (Å²) in [4.78, 5) is 2.43. The summed E-state index contributed by atoms with van der Waals surface area (Å²) >= 11 is 3.54. The second-order valence-corrected chi connectivity index (χ2v) is 5.79. The third-order valence-electron chi connectivity index (χ3n) is 3.56. The molecule has 1 aromatic rings. The Kier molecular flexibility index (Phi) is 5.67. The summed E-state index contributed by atoms with van der Waals surface area (Å²) in [6.07, 6.45) is 2.82. The van der Waals surface area contributed by atoms with E-state index in [9.17, 15) is 0 Å². The van der Waals surface area contributed by atoms with Gasteiger partial charge < -0.3 is 9.47 Å². The number of methoxy groups -OCH3 is 1. The van der Waals surface area contributed by atoms with Gasteiger partial charge in [-0.2, -0.15) is 0 Å². The molecule has 1 aliphatic heterocycles. The number of hydrogen-bond donors (Lipinski definition) is 0. The summed E-state index contributed by atoms with van der Waals surface area (Å²) in [6, 6.07) is 6.28. The van der Waals surface area contributed by atoms with Crippen LogP contribution in [-0.4, -0.2) is 37.8 Å². The molecule has 1 aromatic carbocycles. The van der Waals surface area contributed by atoms with Crippen LogP contribution in [0.25, 0.3) is 0 Å². The summed E-state index contributed by atoms with van der Waals surface area (Å²) in [6.45, 7) is 6.16. The number of ether oxygens (including phenoxy) is 2. The third kappa shape index (κ3) is 4.20. The number of hydrogen-bond acceptors (Lipinski definition) is 3. The van der Waals surface area contributed by atoms with E-state index in [0.29, 0.717) is 6.10 Å². The van der Waals surface area contributed by atoms with E-state index in [-0.39, 0.29) is 0 Å². The Bertz CT molecular complexity index is 405. The van der Waals surface area contributed by atoms with Crippen molar-refractivity contribution in [1.82, 2.24) is 4.90 Å². The van der Waals surface area contributed by atoms with Gasteiger partial charge in [0, 0.05) is 19.7 Å². The quantitative estimate of drug-likeness (QED) is 0.798. The zero-order valence-electron chi connectivity index (χ0n) is 11.7. The van der Waals surface area contributed by atoms with Gasteiger partial charge in [0.2, 0.25) is 0 Å². The highest BCUT2D eigenvalue weighted by Gasteiger charge is 2.18. The van der Waals surface area contributed by atoms with Crippen LogP contribution in [0.15, 0.2) is 22.7 Å². The summed E-state index contributed by atoms with van der Waals surface area (Å²) in [5, 5.41) is 0. The van der Waals surface area contributed by atoms with Crippen LogP contribution in [0, 0.1) is 0 Å². The van der Waals surface area contributed by atoms with E-state index in [1.165, 1.54) is 18.4 Å². The van der Waals surface area contributed by atoms with E-state index >= 15 is 0 Å². The zero-order chi connectivity index (χ0) is 13.7. The number of benzene rings is 1. The van der Waals surface area contributed by atoms with Crippen molar-refractivity contribution in [3.8, 4) is 5.75 Å². The van der Waals surface area contributed by atoms with Crippen molar-refractivity contribution in [2.24, 2.45) is 0 Å². The lowest BCUT2D eigenvalue weighted by Crippen LogP contribution is -2.31. The molecule has 0 radical (unpaired) electrons. The molecule has 19 heavy (non-hydrogen) atoms. The minimum Gasteiger partial charge on any atom is -0.496 e. The standard InChI is InChI=1S/C15H22BrNO2/c1-3-17(11-13-5-4-8-19-13)10-12-6-7-15(18-2)14(16)9-12/h6-7,9,13H,3-5,8,10-11H2,1-2H3. The van der Waals surface area contributed by atoms with Crippen molar-refractivity contribution in [3.63, 3.8) is 0 Å². The van der Waals surface area contributed by atoms with Gasteiger partial charge >= 0.3 is 0 Å². The predicted molar refractivity (Wildman–Crippen MR) is 80.6 cm³/mol. The Balaban J connectivity index is 1.95. The van der Waals surface area contributed by atoms with Gasteiger partial charge in [-0.3, -0.25) is 4.90 Å². The first-order valence-electron chi connectivity index (χ1n) is 6.89. The second kappa shape index (κ2) is 7.27. The molecule has 3 nitrogen and oxygen atoms in total. The molecule has 0 aliphatic carbocycles. The van der Waals surface area contributed by atoms with E-state index in [1.54, 1.807) is 7.11 Å². The van der Waals surface area contributed by atoms with Crippen molar-refractivity contribution < 1.29 is 9.47 Å². The Morgan fingerprint density at radius 2 is 2.32 bits per heavy atom. The fraction of sp³-hybridized carbons (Fsp3) is 0.600. The van der Waals surface area contributed by atoms with Crippen molar-refractivity contribution in [2.45, 2.75) is 32.4 Å². The lowest BCUT2D eigenvalue weighted by Gasteiger charge is -2.24. The van der Waals surface area contributed by atoms with Gasteiger partial charge in [0.1, 0.15) is 5.75 Å². The normalized spacial score (nSPS) is 19.1. The van der Waals surface area contributed by atoms with Crippen molar-refractivity contribution in [2.75, 3.05) is 26.8 Å². The van der Waals surface area contributed by atoms with Crippen LogP contribution in [0.5, 0.6) is 5.75 Å². The number of halogens is 1. The van der Waals surface area contributed by atoms with E-state index in [2.05, 4.69) is 39.9 Å². The molecule has 1 unspecified atom stereocenters. The smallest absolute Gasteiger partial charge is 0.133 e. The van der Waals surface area contributed by atoms with Crippen molar-refractivity contribution >= 4 is 15.9 Å². The molecule has 0 bridgehead atoms. The molecule has 0 N–H and O–H groups in total. The maximum Gasteiger partial charge on any atom is 0.133 e. The van der Waals surface area contributed by atoms with Gasteiger partial charge in [-0.25, -0.2) is 0 Å². The van der Waals surface area contributed by atoms with Gasteiger partial charge in [0.25, 0.3) is 0 Å². The molecule has 0 aromatic heterocycles. The largest absolute Gasteiger partial charge is 0.496 e. The number of nitrogens with zero attached hydrogens (tertiary/aromatic N) is 1. The van der Waals surface area contributed by atoms with E-state index in [1.807, 2.05) is 6.07 Å². The molecule has 1 fully saturated rings. The summed E-state index contributed by atoms with van der Waals surface area (Å²) < 4.78 is 12.0. The molecule has 2 rings (SSSR count). The maximum absolute atomic E-state index is 5.71. The highest BCUT2D eigenvalue weighted by atomic mass is 79.9. The molecule has 0 amide bonds. The average Bonchev–Trinajstić information content (AvgIpc) is 2.91. The topological polar surface area (TPSA) is 21.7 Å². The molecular weight excluding hydrogens is 306 g/mol. The Morgan fingerprint density at radius 1 is 1.47 bits per heavy atom. The molecule has 0 saturated carbocycles. The fourth-order valence-electron chi connectivity index (χ4n) is 2.45. The highest BCUT2D eigenvalue weighted by molar-refractivity contribution is 9.10. The predicted octanol–water partition coefficient (Wildman–Crippen LogP) is 3.46. The summed E-state index contributed by atoms with van der Waals surface area (Å²) in [5.74, 6) is 0.880. The van der Waals surface area contributed by atoms with Crippen LogP contribution in [-0.2, 0) is 11.3 Å². The number of rotatable bonds is 6. The summed E-state index contributed by atoms with van der Waals surface area (Å²) in [5.41, 5.74) is 1.30. The van der Waals surface area contributed by atoms with Gasteiger partial charge in [0.05, 0.1) is 17.7 Å². The lowest BCUT2D eigenvalue weighted by molar-refractivity contribution is 0.0725. The first-order valence-corrected chi connectivity index (χ1v) is 7.68. The van der Waals surface area contributed by atoms with Crippen LogP contribution in [0.4, 0.5) is 0 Å². The molecule has 1 aliphatic rings. The molecule has 106 valence electrons. The molecule has 1 saturated heterocycles. The van der Waals surface area contributed by atoms with Crippen LogP contribution >= 0.6 is 15.9 Å². The first kappa shape index (κ1) is 14.8. The van der Waals surface area contributed by atoms with Crippen LogP contribution in [0.2, 0.25) is 0 Å². The van der Waals surface area contributed by atoms with Crippen molar-refractivity contribution in [3.05, 3.63) is 28.2 Å². The Hall–Kier alpha value is -0.580. The molecule has 1 atom stereocenters. The lowest BCUT2D eigenvalue weighted by atomic mass is 10.1. The second-order valence-electron chi connectivity index (χ2n) is 4.93. The highest BCUT2D eigenvalue weighted by Crippen LogP contribution is 2.26. The molecule has 4 heteroatoms. The molecule has 0 spiro atoms. The first-order chi connectivity index (χ1) is 9.22. The minimum atomic E-state index is 0.418. The van der Waals surface area contributed by atoms with Gasteiger partial charge in [0.15, 0.2) is 0 Å². The van der Waals surface area contributed by atoms with Gasteiger partial charge in [-0.15, -0.1) is 0 Å². The van der Waals surface area contributed by atoms with Gasteiger partial charge in [-0.05, 0) is 53.0 Å². The summed E-state index contributed by atoms with van der Waals surface area (Å²) in [7, 11) is 1.69. The SMILES string of the molecule is CCN(Cc1ccc(OC)c(Br)c1)CC1CCCO1. The maximum atomic E-state index is 5.71. The van der Waals surface area contributed by atoms with Gasteiger partial charge in [-0.1, -0.05) is 13.0 Å². The Morgan fingerprint density at radius 3 is 2.89 bits per heavy atom. The van der Waals surface area contributed by atoms with E-state index in [0.717, 1.165) is 36.5 Å². The number of likely N-dealkylation sites (N-methyl/N-ethyl adjacent to an activating group) is 1. The van der Waals surface area contributed by atoms with Crippen molar-refractivity contribution in [1.29, 1.82) is 0 Å². The van der Waals surface area contributed by atoms with Crippen LogP contribution in [0.3, 0.4) is 0 Å². The monoisotopic (exact) mass is 327 g/mol. The minimum absolute atomic E-state index is 0.418. The van der Waals surface area contributed by atoms with E-state index < -0.39 is 0 Å². The third-order valence-corrected chi connectivity index (χ3v) is 4.18. The molecular formula is C15H22BrNO2. The van der Waals surface area contributed by atoms with Crippen LogP contribution in [0.1, 0.15) is 25.3 Å².